The molecule has 3 aromatic carbocycles. The molecule has 0 radical (unpaired) electrons. The first kappa shape index (κ1) is 31.1. The zero-order valence-corrected chi connectivity index (χ0v) is 25.2. The van der Waals surface area contributed by atoms with Crippen molar-refractivity contribution in [3.05, 3.63) is 87.7 Å². The zero-order chi connectivity index (χ0) is 29.9. The highest BCUT2D eigenvalue weighted by atomic mass is 35.5. The number of benzene rings is 3. The molecule has 3 atom stereocenters. The van der Waals surface area contributed by atoms with Crippen molar-refractivity contribution in [1.29, 1.82) is 0 Å². The molecule has 0 unspecified atom stereocenters. The summed E-state index contributed by atoms with van der Waals surface area (Å²) in [4.78, 5) is 17.1. The van der Waals surface area contributed by atoms with E-state index in [1.54, 1.807) is 36.1 Å². The summed E-state index contributed by atoms with van der Waals surface area (Å²) in [6.07, 6.45) is -0.473. The maximum absolute atomic E-state index is 13.7. The van der Waals surface area contributed by atoms with Gasteiger partial charge in [0, 0.05) is 25.6 Å². The van der Waals surface area contributed by atoms with Crippen LogP contribution in [0, 0.1) is 11.7 Å². The summed E-state index contributed by atoms with van der Waals surface area (Å²) >= 11 is 12.3. The standard InChI is InChI=1S/C29H32Cl2FN3O5S/c1-18-14-35(19(2)17-36)29(37)23-5-4-6-26(33-41(38,39)22-10-8-21(32)9-11-22)28(23)40-27(18)16-34(3)15-20-7-12-24(30)25(31)13-20/h4-13,18-19,27,33,36H,14-17H2,1-3H3/t18-,19-,27+/m1/s1. The van der Waals surface area contributed by atoms with Crippen LogP contribution in [0.5, 0.6) is 5.75 Å². The monoisotopic (exact) mass is 623 g/mol. The second-order valence-electron chi connectivity index (χ2n) is 10.3. The van der Waals surface area contributed by atoms with E-state index in [1.165, 1.54) is 6.07 Å². The molecule has 0 bridgehead atoms. The van der Waals surface area contributed by atoms with E-state index in [0.29, 0.717) is 29.7 Å². The smallest absolute Gasteiger partial charge is 0.262 e. The molecule has 0 aromatic heterocycles. The number of carbonyl (C=O) groups is 1. The van der Waals surface area contributed by atoms with Gasteiger partial charge in [0.25, 0.3) is 15.9 Å². The second-order valence-corrected chi connectivity index (χ2v) is 12.8. The average Bonchev–Trinajstić information content (AvgIpc) is 2.92. The quantitative estimate of drug-likeness (QED) is 0.336. The van der Waals surface area contributed by atoms with Crippen molar-refractivity contribution < 1.29 is 27.4 Å². The van der Waals surface area contributed by atoms with Crippen LogP contribution in [0.25, 0.3) is 0 Å². The molecule has 0 saturated carbocycles. The molecule has 1 heterocycles. The number of likely N-dealkylation sites (N-methyl/N-ethyl adjacent to an activating group) is 1. The minimum absolute atomic E-state index is 0.0722. The van der Waals surface area contributed by atoms with Gasteiger partial charge in [-0.25, -0.2) is 12.8 Å². The van der Waals surface area contributed by atoms with Gasteiger partial charge < -0.3 is 14.7 Å². The van der Waals surface area contributed by atoms with Gasteiger partial charge in [0.1, 0.15) is 11.9 Å². The first-order chi connectivity index (χ1) is 19.4. The van der Waals surface area contributed by atoms with Crippen molar-refractivity contribution in [2.24, 2.45) is 5.92 Å². The highest BCUT2D eigenvalue weighted by molar-refractivity contribution is 7.92. The highest BCUT2D eigenvalue weighted by Crippen LogP contribution is 2.36. The van der Waals surface area contributed by atoms with Crippen molar-refractivity contribution in [2.75, 3.05) is 31.5 Å². The van der Waals surface area contributed by atoms with Crippen molar-refractivity contribution >= 4 is 44.8 Å². The van der Waals surface area contributed by atoms with E-state index >= 15 is 0 Å². The van der Waals surface area contributed by atoms with Crippen LogP contribution in [0.2, 0.25) is 10.0 Å². The number of anilines is 1. The summed E-state index contributed by atoms with van der Waals surface area (Å²) in [5.41, 5.74) is 1.18. The number of ether oxygens (including phenoxy) is 1. The fourth-order valence-corrected chi connectivity index (χ4v) is 6.06. The van der Waals surface area contributed by atoms with E-state index in [2.05, 4.69) is 4.72 Å². The SMILES string of the molecule is C[C@@H]1CN([C@H](C)CO)C(=O)c2cccc(NS(=O)(=O)c3ccc(F)cc3)c2O[C@H]1CN(C)Cc1ccc(Cl)c(Cl)c1. The molecular formula is C29H32Cl2FN3O5S. The largest absolute Gasteiger partial charge is 0.486 e. The number of sulfonamides is 1. The molecule has 0 saturated heterocycles. The highest BCUT2D eigenvalue weighted by Gasteiger charge is 2.35. The number of aliphatic hydroxyl groups excluding tert-OH is 1. The number of hydrogen-bond donors (Lipinski definition) is 2. The Bertz CT molecular complexity index is 1510. The van der Waals surface area contributed by atoms with Crippen molar-refractivity contribution in [2.45, 2.75) is 37.4 Å². The Kier molecular flexibility index (Phi) is 9.81. The minimum atomic E-state index is -4.13. The number of rotatable bonds is 9. The van der Waals surface area contributed by atoms with Gasteiger partial charge in [0.05, 0.1) is 38.8 Å². The first-order valence-electron chi connectivity index (χ1n) is 13.0. The van der Waals surface area contributed by atoms with Crippen molar-refractivity contribution in [1.82, 2.24) is 9.80 Å². The zero-order valence-electron chi connectivity index (χ0n) is 22.9. The third-order valence-electron chi connectivity index (χ3n) is 6.99. The van der Waals surface area contributed by atoms with Gasteiger partial charge in [-0.05, 0) is 68.1 Å². The number of para-hydroxylation sites is 1. The van der Waals surface area contributed by atoms with Gasteiger partial charge >= 0.3 is 0 Å². The Morgan fingerprint density at radius 1 is 1.15 bits per heavy atom. The summed E-state index contributed by atoms with van der Waals surface area (Å²) in [5.74, 6) is -1.07. The lowest BCUT2D eigenvalue weighted by molar-refractivity contribution is 0.0344. The molecule has 8 nitrogen and oxygen atoms in total. The summed E-state index contributed by atoms with van der Waals surface area (Å²) in [7, 11) is -2.22. The fraction of sp³-hybridized carbons (Fsp3) is 0.345. The normalized spacial score (nSPS) is 18.3. The Morgan fingerprint density at radius 2 is 1.85 bits per heavy atom. The molecule has 1 amide bonds. The lowest BCUT2D eigenvalue weighted by Crippen LogP contribution is -2.49. The number of carbonyl (C=O) groups excluding carboxylic acids is 1. The van der Waals surface area contributed by atoms with Crippen molar-refractivity contribution in [3.63, 3.8) is 0 Å². The summed E-state index contributed by atoms with van der Waals surface area (Å²) < 4.78 is 48.8. The van der Waals surface area contributed by atoms with Gasteiger partial charge in [0.2, 0.25) is 0 Å². The number of amides is 1. The van der Waals surface area contributed by atoms with Crippen LogP contribution in [0.1, 0.15) is 29.8 Å². The van der Waals surface area contributed by atoms with Crippen LogP contribution in [0.15, 0.2) is 65.6 Å². The minimum Gasteiger partial charge on any atom is -0.486 e. The molecule has 4 rings (SSSR count). The van der Waals surface area contributed by atoms with Gasteiger partial charge in [0.15, 0.2) is 5.75 Å². The Labute approximate surface area is 249 Å². The Balaban J connectivity index is 1.70. The molecular weight excluding hydrogens is 592 g/mol. The van der Waals surface area contributed by atoms with Crippen LogP contribution in [0.4, 0.5) is 10.1 Å². The average molecular weight is 625 g/mol. The topological polar surface area (TPSA) is 99.2 Å². The van der Waals surface area contributed by atoms with E-state index in [4.69, 9.17) is 27.9 Å². The number of fused-ring (bicyclic) bond motifs is 1. The Morgan fingerprint density at radius 3 is 2.51 bits per heavy atom. The van der Waals surface area contributed by atoms with E-state index in [9.17, 15) is 22.7 Å². The third-order valence-corrected chi connectivity index (χ3v) is 9.11. The molecule has 220 valence electrons. The number of nitrogens with zero attached hydrogens (tertiary/aromatic N) is 2. The number of hydrogen-bond acceptors (Lipinski definition) is 6. The Hall–Kier alpha value is -2.89. The lowest BCUT2D eigenvalue weighted by atomic mass is 9.99. The second kappa shape index (κ2) is 13.0. The molecule has 2 N–H and O–H groups in total. The summed E-state index contributed by atoms with van der Waals surface area (Å²) in [6.45, 7) is 4.72. The molecule has 41 heavy (non-hydrogen) atoms. The third kappa shape index (κ3) is 7.31. The van der Waals surface area contributed by atoms with Crippen LogP contribution in [-0.4, -0.2) is 68.1 Å². The first-order valence-corrected chi connectivity index (χ1v) is 15.3. The molecule has 1 aliphatic rings. The van der Waals surface area contributed by atoms with Gasteiger partial charge in [-0.2, -0.15) is 0 Å². The maximum Gasteiger partial charge on any atom is 0.262 e. The maximum atomic E-state index is 13.7. The van der Waals surface area contributed by atoms with Crippen LogP contribution in [-0.2, 0) is 16.6 Å². The number of halogens is 3. The van der Waals surface area contributed by atoms with Crippen LogP contribution < -0.4 is 9.46 Å². The lowest BCUT2D eigenvalue weighted by Gasteiger charge is -2.38. The van der Waals surface area contributed by atoms with Crippen LogP contribution >= 0.6 is 23.2 Å². The van der Waals surface area contributed by atoms with E-state index < -0.39 is 28.0 Å². The molecule has 0 aliphatic carbocycles. The van der Waals surface area contributed by atoms with E-state index in [-0.39, 0.29) is 40.3 Å². The predicted molar refractivity (Wildman–Crippen MR) is 158 cm³/mol. The van der Waals surface area contributed by atoms with Gasteiger partial charge in [-0.15, -0.1) is 0 Å². The molecule has 1 aliphatic heterocycles. The van der Waals surface area contributed by atoms with Gasteiger partial charge in [-0.3, -0.25) is 14.4 Å². The van der Waals surface area contributed by atoms with E-state index in [1.807, 2.05) is 24.9 Å². The summed E-state index contributed by atoms with van der Waals surface area (Å²) in [6, 6.07) is 14.0. The predicted octanol–water partition coefficient (Wildman–Crippen LogP) is 5.29. The van der Waals surface area contributed by atoms with Gasteiger partial charge in [-0.1, -0.05) is 42.3 Å². The van der Waals surface area contributed by atoms with E-state index in [0.717, 1.165) is 29.8 Å². The van der Waals surface area contributed by atoms with Crippen LogP contribution in [0.3, 0.4) is 0 Å². The molecule has 0 spiro atoms. The van der Waals surface area contributed by atoms with Crippen molar-refractivity contribution in [3.8, 4) is 5.75 Å². The number of aliphatic hydroxyl groups is 1. The molecule has 3 aromatic rings. The fourth-order valence-electron chi connectivity index (χ4n) is 4.68. The molecule has 0 fully saturated rings. The molecule has 12 heteroatoms. The summed E-state index contributed by atoms with van der Waals surface area (Å²) in [5, 5.41) is 10.8. The number of nitrogens with one attached hydrogen (secondary N) is 1.